The van der Waals surface area contributed by atoms with Crippen LogP contribution in [0.1, 0.15) is 18.1 Å². The van der Waals surface area contributed by atoms with Gasteiger partial charge in [-0.2, -0.15) is 0 Å². The van der Waals surface area contributed by atoms with Crippen molar-refractivity contribution in [3.8, 4) is 11.5 Å². The Kier molecular flexibility index (Phi) is 9.79. The van der Waals surface area contributed by atoms with Gasteiger partial charge in [0.2, 0.25) is 0 Å². The third-order valence-corrected chi connectivity index (χ3v) is 3.63. The molecular weight excluding hydrogens is 448 g/mol. The number of nitrogens with zero attached hydrogens (tertiary/aromatic N) is 1. The molecule has 0 radical (unpaired) electrons. The molecule has 2 aromatic carbocycles. The van der Waals surface area contributed by atoms with Gasteiger partial charge in [-0.15, -0.1) is 24.0 Å². The fraction of sp³-hybridized carbons (Fsp3) is 0.316. The van der Waals surface area contributed by atoms with Crippen molar-refractivity contribution in [1.29, 1.82) is 0 Å². The average molecular weight is 473 g/mol. The number of halogens is 2. The number of hydrogen-bond donors (Lipinski definition) is 3. The highest BCUT2D eigenvalue weighted by atomic mass is 127. The van der Waals surface area contributed by atoms with Gasteiger partial charge in [0.25, 0.3) is 0 Å². The number of nitrogens with one attached hydrogen (secondary N) is 2. The lowest BCUT2D eigenvalue weighted by Gasteiger charge is -2.12. The zero-order valence-electron chi connectivity index (χ0n) is 15.0. The van der Waals surface area contributed by atoms with Crippen LogP contribution in [0.2, 0.25) is 0 Å². The summed E-state index contributed by atoms with van der Waals surface area (Å²) in [5.41, 5.74) is 1.64. The van der Waals surface area contributed by atoms with E-state index in [0.717, 1.165) is 17.7 Å². The van der Waals surface area contributed by atoms with E-state index in [2.05, 4.69) is 15.6 Å². The molecule has 2 rings (SSSR count). The Bertz CT molecular complexity index is 726. The van der Waals surface area contributed by atoms with Crippen molar-refractivity contribution in [2.75, 3.05) is 20.2 Å². The molecule has 0 aliphatic heterocycles. The van der Waals surface area contributed by atoms with E-state index in [0.29, 0.717) is 31.2 Å². The molecule has 0 saturated carbocycles. The van der Waals surface area contributed by atoms with E-state index in [1.165, 1.54) is 12.1 Å². The minimum atomic E-state index is -0.263. The summed E-state index contributed by atoms with van der Waals surface area (Å²) in [4.78, 5) is 4.45. The third-order valence-electron chi connectivity index (χ3n) is 3.63. The molecule has 142 valence electrons. The number of rotatable bonds is 7. The van der Waals surface area contributed by atoms with E-state index in [4.69, 9.17) is 4.74 Å². The monoisotopic (exact) mass is 473 g/mol. The summed E-state index contributed by atoms with van der Waals surface area (Å²) >= 11 is 0. The number of hydrogen-bond acceptors (Lipinski definition) is 3. The molecule has 5 nitrogen and oxygen atoms in total. The molecule has 7 heteroatoms. The number of phenols is 1. The Morgan fingerprint density at radius 2 is 2.00 bits per heavy atom. The maximum Gasteiger partial charge on any atom is 0.191 e. The Hall–Kier alpha value is -2.03. The maximum absolute atomic E-state index is 13.2. The number of ether oxygens (including phenoxy) is 1. The molecule has 2 aromatic rings. The van der Waals surface area contributed by atoms with Crippen LogP contribution in [0.25, 0.3) is 0 Å². The van der Waals surface area contributed by atoms with Crippen LogP contribution in [0.3, 0.4) is 0 Å². The molecule has 0 unspecified atom stereocenters. The Labute approximate surface area is 170 Å². The summed E-state index contributed by atoms with van der Waals surface area (Å²) in [6.07, 6.45) is 0.639. The fourth-order valence-corrected chi connectivity index (χ4v) is 2.35. The summed E-state index contributed by atoms with van der Waals surface area (Å²) in [7, 11) is 1.56. The van der Waals surface area contributed by atoms with Crippen molar-refractivity contribution in [1.82, 2.24) is 10.6 Å². The highest BCUT2D eigenvalue weighted by molar-refractivity contribution is 14.0. The lowest BCUT2D eigenvalue weighted by molar-refractivity contribution is 0.406. The van der Waals surface area contributed by atoms with E-state index in [9.17, 15) is 9.50 Å². The average Bonchev–Trinajstić information content (AvgIpc) is 2.61. The molecule has 0 bridgehead atoms. The summed E-state index contributed by atoms with van der Waals surface area (Å²) < 4.78 is 18.3. The van der Waals surface area contributed by atoms with E-state index in [1.807, 2.05) is 25.1 Å². The third kappa shape index (κ3) is 7.07. The summed E-state index contributed by atoms with van der Waals surface area (Å²) in [5, 5.41) is 16.3. The van der Waals surface area contributed by atoms with Crippen molar-refractivity contribution in [2.45, 2.75) is 19.9 Å². The smallest absolute Gasteiger partial charge is 0.191 e. The molecule has 0 fully saturated rings. The van der Waals surface area contributed by atoms with Gasteiger partial charge in [0, 0.05) is 19.2 Å². The van der Waals surface area contributed by atoms with Gasteiger partial charge >= 0.3 is 0 Å². The van der Waals surface area contributed by atoms with Crippen LogP contribution in [-0.4, -0.2) is 31.3 Å². The number of phenolic OH excluding ortho intramolecular Hbond substituents is 1. The van der Waals surface area contributed by atoms with Gasteiger partial charge in [-0.05, 0) is 42.7 Å². The quantitative estimate of drug-likeness (QED) is 0.328. The maximum atomic E-state index is 13.2. The van der Waals surface area contributed by atoms with Crippen LogP contribution in [0.5, 0.6) is 11.5 Å². The van der Waals surface area contributed by atoms with Gasteiger partial charge in [-0.3, -0.25) is 0 Å². The molecule has 0 aliphatic rings. The normalized spacial score (nSPS) is 10.8. The molecule has 0 spiro atoms. The number of aromatic hydroxyl groups is 1. The molecule has 26 heavy (non-hydrogen) atoms. The summed E-state index contributed by atoms with van der Waals surface area (Å²) in [6.45, 7) is 3.70. The molecule has 0 atom stereocenters. The number of benzene rings is 2. The standard InChI is InChI=1S/C19H24FN3O2.HI/c1-3-21-19(23-13-14-5-4-6-16(20)11-14)22-10-9-15-7-8-17(25-2)12-18(15)24;/h4-8,11-12,24H,3,9-10,13H2,1-2H3,(H2,21,22,23);1H. The van der Waals surface area contributed by atoms with Gasteiger partial charge < -0.3 is 20.5 Å². The van der Waals surface area contributed by atoms with Gasteiger partial charge in [-0.1, -0.05) is 18.2 Å². The summed E-state index contributed by atoms with van der Waals surface area (Å²) in [6, 6.07) is 11.7. The van der Waals surface area contributed by atoms with E-state index in [1.54, 1.807) is 19.2 Å². The van der Waals surface area contributed by atoms with Crippen LogP contribution < -0.4 is 15.4 Å². The van der Waals surface area contributed by atoms with Crippen molar-refractivity contribution >= 4 is 29.9 Å². The predicted octanol–water partition coefficient (Wildman–Crippen LogP) is 3.46. The second-order valence-corrected chi connectivity index (χ2v) is 5.50. The molecular formula is C19H25FIN3O2. The Morgan fingerprint density at radius 3 is 2.65 bits per heavy atom. The first-order chi connectivity index (χ1) is 12.1. The van der Waals surface area contributed by atoms with Crippen molar-refractivity contribution in [3.05, 3.63) is 59.4 Å². The largest absolute Gasteiger partial charge is 0.508 e. The highest BCUT2D eigenvalue weighted by Gasteiger charge is 2.04. The minimum absolute atomic E-state index is 0. The zero-order chi connectivity index (χ0) is 18.1. The molecule has 0 heterocycles. The van der Waals surface area contributed by atoms with Crippen molar-refractivity contribution in [3.63, 3.8) is 0 Å². The van der Waals surface area contributed by atoms with Gasteiger partial charge in [0.1, 0.15) is 17.3 Å². The van der Waals surface area contributed by atoms with Crippen LogP contribution in [-0.2, 0) is 13.0 Å². The minimum Gasteiger partial charge on any atom is -0.508 e. The highest BCUT2D eigenvalue weighted by Crippen LogP contribution is 2.23. The van der Waals surface area contributed by atoms with E-state index < -0.39 is 0 Å². The van der Waals surface area contributed by atoms with Gasteiger partial charge in [-0.25, -0.2) is 9.38 Å². The topological polar surface area (TPSA) is 65.9 Å². The van der Waals surface area contributed by atoms with Crippen LogP contribution in [0.4, 0.5) is 4.39 Å². The molecule has 0 aromatic heterocycles. The molecule has 3 N–H and O–H groups in total. The zero-order valence-corrected chi connectivity index (χ0v) is 17.3. The number of aliphatic imine (C=N–C) groups is 1. The van der Waals surface area contributed by atoms with Gasteiger partial charge in [0.15, 0.2) is 5.96 Å². The molecule has 0 aliphatic carbocycles. The number of methoxy groups -OCH3 is 1. The summed E-state index contributed by atoms with van der Waals surface area (Å²) in [5.74, 6) is 1.22. The lowest BCUT2D eigenvalue weighted by atomic mass is 10.1. The molecule has 0 saturated heterocycles. The van der Waals surface area contributed by atoms with E-state index >= 15 is 0 Å². The Balaban J connectivity index is 0.00000338. The van der Waals surface area contributed by atoms with E-state index in [-0.39, 0.29) is 35.5 Å². The second kappa shape index (κ2) is 11.6. The number of guanidine groups is 1. The lowest BCUT2D eigenvalue weighted by Crippen LogP contribution is -2.38. The predicted molar refractivity (Wildman–Crippen MR) is 113 cm³/mol. The van der Waals surface area contributed by atoms with Crippen molar-refractivity contribution < 1.29 is 14.2 Å². The SMILES string of the molecule is CCNC(=NCc1cccc(F)c1)NCCc1ccc(OC)cc1O.I. The fourth-order valence-electron chi connectivity index (χ4n) is 2.35. The van der Waals surface area contributed by atoms with Crippen LogP contribution in [0.15, 0.2) is 47.5 Å². The Morgan fingerprint density at radius 1 is 1.19 bits per heavy atom. The first-order valence-electron chi connectivity index (χ1n) is 8.25. The first-order valence-corrected chi connectivity index (χ1v) is 8.25. The van der Waals surface area contributed by atoms with Crippen molar-refractivity contribution in [2.24, 2.45) is 4.99 Å². The second-order valence-electron chi connectivity index (χ2n) is 5.50. The van der Waals surface area contributed by atoms with Crippen LogP contribution >= 0.6 is 24.0 Å². The first kappa shape index (κ1) is 22.0. The van der Waals surface area contributed by atoms with Crippen LogP contribution in [0, 0.1) is 5.82 Å². The molecule has 0 amide bonds. The van der Waals surface area contributed by atoms with Gasteiger partial charge in [0.05, 0.1) is 13.7 Å².